The Morgan fingerprint density at radius 3 is 2.85 bits per heavy atom. The Kier molecular flexibility index (Phi) is 4.21. The number of anilines is 1. The molecule has 0 fully saturated rings. The van der Waals surface area contributed by atoms with Crippen LogP contribution in [-0.2, 0) is 0 Å². The van der Waals surface area contributed by atoms with Gasteiger partial charge in [0.25, 0.3) is 0 Å². The number of hydrogen-bond donors (Lipinski definition) is 1. The molecule has 0 saturated heterocycles. The Morgan fingerprint density at radius 2 is 2.15 bits per heavy atom. The summed E-state index contributed by atoms with van der Waals surface area (Å²) in [6, 6.07) is 7.69. The minimum Gasteiger partial charge on any atom is -0.384 e. The van der Waals surface area contributed by atoms with Gasteiger partial charge in [0.05, 0.1) is 10.7 Å². The quantitative estimate of drug-likeness (QED) is 0.572. The molecule has 0 aliphatic rings. The molecule has 13 heavy (non-hydrogen) atoms. The number of hydrogen-bond acceptors (Lipinski definition) is 1. The van der Waals surface area contributed by atoms with Crippen molar-refractivity contribution in [2.45, 2.75) is 12.8 Å². The molecule has 0 spiro atoms. The molecule has 1 aromatic rings. The third-order valence-corrected chi connectivity index (χ3v) is 2.02. The van der Waals surface area contributed by atoms with Crippen LogP contribution in [0.4, 0.5) is 5.69 Å². The fraction of sp³-hybridized carbons (Fsp3) is 0.273. The normalized spacial score (nSPS) is 9.23. The highest BCUT2D eigenvalue weighted by Gasteiger charge is 1.95. The van der Waals surface area contributed by atoms with Gasteiger partial charge in [0.15, 0.2) is 0 Å². The van der Waals surface area contributed by atoms with Crippen LogP contribution < -0.4 is 5.32 Å². The minimum atomic E-state index is 0.753. The van der Waals surface area contributed by atoms with E-state index < -0.39 is 0 Å². The summed E-state index contributed by atoms with van der Waals surface area (Å²) >= 11 is 5.93. The Bertz CT molecular complexity index is 301. The summed E-state index contributed by atoms with van der Waals surface area (Å²) in [6.45, 7) is 0.869. The number of terminal acetylenes is 1. The summed E-state index contributed by atoms with van der Waals surface area (Å²) in [6.07, 6.45) is 6.91. The maximum absolute atomic E-state index is 5.93. The van der Waals surface area contributed by atoms with Crippen molar-refractivity contribution in [3.05, 3.63) is 29.3 Å². The zero-order chi connectivity index (χ0) is 9.52. The molecule has 2 heteroatoms. The van der Waals surface area contributed by atoms with Gasteiger partial charge in [0.2, 0.25) is 0 Å². The van der Waals surface area contributed by atoms with Gasteiger partial charge < -0.3 is 5.32 Å². The predicted octanol–water partition coefficient (Wildman–Crippen LogP) is 3.17. The van der Waals surface area contributed by atoms with Crippen LogP contribution in [-0.4, -0.2) is 6.54 Å². The van der Waals surface area contributed by atoms with Gasteiger partial charge in [-0.15, -0.1) is 12.3 Å². The van der Waals surface area contributed by atoms with Gasteiger partial charge in [0.1, 0.15) is 0 Å². The van der Waals surface area contributed by atoms with E-state index in [2.05, 4.69) is 11.2 Å². The van der Waals surface area contributed by atoms with Crippen LogP contribution in [0.5, 0.6) is 0 Å². The van der Waals surface area contributed by atoms with E-state index in [0.29, 0.717) is 0 Å². The Hall–Kier alpha value is -1.13. The second-order valence-electron chi connectivity index (χ2n) is 2.71. The highest BCUT2D eigenvalue weighted by molar-refractivity contribution is 6.33. The van der Waals surface area contributed by atoms with Crippen molar-refractivity contribution < 1.29 is 0 Å². The molecular formula is C11H12ClN. The maximum atomic E-state index is 5.93. The van der Waals surface area contributed by atoms with Crippen LogP contribution >= 0.6 is 11.6 Å². The number of rotatable bonds is 4. The molecule has 1 N–H and O–H groups in total. The topological polar surface area (TPSA) is 12.0 Å². The molecule has 0 radical (unpaired) electrons. The molecule has 1 rings (SSSR count). The first-order chi connectivity index (χ1) is 6.34. The standard InChI is InChI=1S/C11H12ClN/c1-2-3-6-9-13-11-8-5-4-7-10(11)12/h1,4-5,7-8,13H,3,6,9H2. The molecule has 0 unspecified atom stereocenters. The molecule has 0 aromatic heterocycles. The average molecular weight is 194 g/mol. The molecule has 0 aliphatic carbocycles. The van der Waals surface area contributed by atoms with Gasteiger partial charge in [-0.1, -0.05) is 23.7 Å². The van der Waals surface area contributed by atoms with E-state index >= 15 is 0 Å². The van der Waals surface area contributed by atoms with Crippen molar-refractivity contribution >= 4 is 17.3 Å². The van der Waals surface area contributed by atoms with Gasteiger partial charge >= 0.3 is 0 Å². The fourth-order valence-electron chi connectivity index (χ4n) is 1.02. The number of unbranched alkanes of at least 4 members (excludes halogenated alkanes) is 1. The Morgan fingerprint density at radius 1 is 1.38 bits per heavy atom. The molecule has 0 saturated carbocycles. The summed E-state index contributed by atoms with van der Waals surface area (Å²) in [5.41, 5.74) is 0.973. The number of halogens is 1. The first-order valence-electron chi connectivity index (χ1n) is 4.26. The second kappa shape index (κ2) is 5.50. The van der Waals surface area contributed by atoms with Gasteiger partial charge in [0, 0.05) is 13.0 Å². The molecule has 0 amide bonds. The fourth-order valence-corrected chi connectivity index (χ4v) is 1.22. The Labute approximate surface area is 84.1 Å². The van der Waals surface area contributed by atoms with Crippen molar-refractivity contribution in [2.24, 2.45) is 0 Å². The van der Waals surface area contributed by atoms with Crippen LogP contribution in [0.2, 0.25) is 5.02 Å². The summed E-state index contributed by atoms with van der Waals surface area (Å²) in [7, 11) is 0. The lowest BCUT2D eigenvalue weighted by Gasteiger charge is -2.06. The molecule has 0 atom stereocenters. The summed E-state index contributed by atoms with van der Waals surface area (Å²) in [5, 5.41) is 3.97. The van der Waals surface area contributed by atoms with Crippen LogP contribution in [0.25, 0.3) is 0 Å². The average Bonchev–Trinajstić information content (AvgIpc) is 2.15. The maximum Gasteiger partial charge on any atom is 0.0637 e. The summed E-state index contributed by atoms with van der Waals surface area (Å²) in [4.78, 5) is 0. The van der Waals surface area contributed by atoms with Crippen molar-refractivity contribution in [3.8, 4) is 12.3 Å². The lowest BCUT2D eigenvalue weighted by molar-refractivity contribution is 0.907. The van der Waals surface area contributed by atoms with Crippen LogP contribution in [0.3, 0.4) is 0 Å². The van der Waals surface area contributed by atoms with E-state index in [0.717, 1.165) is 30.1 Å². The summed E-state index contributed by atoms with van der Waals surface area (Å²) in [5.74, 6) is 2.60. The lowest BCUT2D eigenvalue weighted by atomic mass is 10.3. The van der Waals surface area contributed by atoms with E-state index in [1.165, 1.54) is 0 Å². The number of benzene rings is 1. The van der Waals surface area contributed by atoms with Crippen LogP contribution in [0.15, 0.2) is 24.3 Å². The largest absolute Gasteiger partial charge is 0.384 e. The van der Waals surface area contributed by atoms with E-state index in [1.807, 2.05) is 24.3 Å². The molecule has 0 aliphatic heterocycles. The zero-order valence-electron chi connectivity index (χ0n) is 7.39. The van der Waals surface area contributed by atoms with E-state index in [4.69, 9.17) is 18.0 Å². The smallest absolute Gasteiger partial charge is 0.0637 e. The monoisotopic (exact) mass is 193 g/mol. The third kappa shape index (κ3) is 3.40. The van der Waals surface area contributed by atoms with E-state index in [9.17, 15) is 0 Å². The first kappa shape index (κ1) is 9.95. The highest BCUT2D eigenvalue weighted by atomic mass is 35.5. The first-order valence-corrected chi connectivity index (χ1v) is 4.64. The third-order valence-electron chi connectivity index (χ3n) is 1.69. The summed E-state index contributed by atoms with van der Waals surface area (Å²) < 4.78 is 0. The number of nitrogens with one attached hydrogen (secondary N) is 1. The second-order valence-corrected chi connectivity index (χ2v) is 3.12. The molecule has 0 bridgehead atoms. The Balaban J connectivity index is 2.37. The number of para-hydroxylation sites is 1. The lowest BCUT2D eigenvalue weighted by Crippen LogP contribution is -2.00. The molecule has 68 valence electrons. The van der Waals surface area contributed by atoms with Gasteiger partial charge in [-0.05, 0) is 18.6 Å². The van der Waals surface area contributed by atoms with E-state index in [-0.39, 0.29) is 0 Å². The SMILES string of the molecule is C#CCCCNc1ccccc1Cl. The van der Waals surface area contributed by atoms with Gasteiger partial charge in [-0.3, -0.25) is 0 Å². The van der Waals surface area contributed by atoms with Crippen LogP contribution in [0.1, 0.15) is 12.8 Å². The molecule has 1 aromatic carbocycles. The molecule has 1 nitrogen and oxygen atoms in total. The zero-order valence-corrected chi connectivity index (χ0v) is 8.14. The van der Waals surface area contributed by atoms with Crippen molar-refractivity contribution in [1.82, 2.24) is 0 Å². The van der Waals surface area contributed by atoms with Gasteiger partial charge in [-0.2, -0.15) is 0 Å². The predicted molar refractivity (Wildman–Crippen MR) is 58.0 cm³/mol. The molecule has 0 heterocycles. The van der Waals surface area contributed by atoms with Crippen molar-refractivity contribution in [3.63, 3.8) is 0 Å². The van der Waals surface area contributed by atoms with E-state index in [1.54, 1.807) is 0 Å². The van der Waals surface area contributed by atoms with Crippen molar-refractivity contribution in [1.29, 1.82) is 0 Å². The minimum absolute atomic E-state index is 0.753. The highest BCUT2D eigenvalue weighted by Crippen LogP contribution is 2.20. The van der Waals surface area contributed by atoms with Gasteiger partial charge in [-0.25, -0.2) is 0 Å². The molecular weight excluding hydrogens is 182 g/mol. The van der Waals surface area contributed by atoms with Crippen LogP contribution in [0, 0.1) is 12.3 Å². The van der Waals surface area contributed by atoms with Crippen molar-refractivity contribution in [2.75, 3.05) is 11.9 Å².